The Morgan fingerprint density at radius 3 is 2.53 bits per heavy atom. The van der Waals surface area contributed by atoms with E-state index in [0.717, 1.165) is 72.8 Å². The van der Waals surface area contributed by atoms with Gasteiger partial charge in [-0.3, -0.25) is 9.30 Å². The van der Waals surface area contributed by atoms with Crippen molar-refractivity contribution in [3.63, 3.8) is 0 Å². The number of nitrogens with zero attached hydrogens (tertiary/aromatic N) is 5. The molecule has 1 aliphatic heterocycles. The fraction of sp³-hybridized carbons (Fsp3) is 0.360. The van der Waals surface area contributed by atoms with Crippen molar-refractivity contribution in [2.75, 3.05) is 43.4 Å². The fourth-order valence-corrected chi connectivity index (χ4v) is 5.38. The second-order valence-electron chi connectivity index (χ2n) is 8.61. The minimum absolute atomic E-state index is 0.589. The van der Waals surface area contributed by atoms with E-state index in [9.17, 15) is 13.2 Å². The summed E-state index contributed by atoms with van der Waals surface area (Å²) in [6.07, 6.45) is -3.30. The smallest absolute Gasteiger partial charge is 0.369 e. The quantitative estimate of drug-likeness (QED) is 0.266. The molecular weight excluding hydrogens is 459 g/mol. The predicted octanol–water partition coefficient (Wildman–Crippen LogP) is 5.51. The zero-order valence-corrected chi connectivity index (χ0v) is 19.7. The lowest BCUT2D eigenvalue weighted by molar-refractivity contribution is -0.137. The molecule has 9 heteroatoms. The first kappa shape index (κ1) is 23.0. The van der Waals surface area contributed by atoms with Gasteiger partial charge in [-0.25, -0.2) is 0 Å². The van der Waals surface area contributed by atoms with Gasteiger partial charge >= 0.3 is 6.18 Å². The first-order chi connectivity index (χ1) is 16.4. The summed E-state index contributed by atoms with van der Waals surface area (Å²) in [5, 5.41) is 10.9. The maximum atomic E-state index is 13.0. The van der Waals surface area contributed by atoms with Crippen LogP contribution in [0.1, 0.15) is 17.5 Å². The van der Waals surface area contributed by atoms with E-state index in [2.05, 4.69) is 44.6 Å². The average Bonchev–Trinajstić information content (AvgIpc) is 3.27. The third kappa shape index (κ3) is 4.72. The second kappa shape index (κ2) is 9.46. The first-order valence-electron chi connectivity index (χ1n) is 11.4. The van der Waals surface area contributed by atoms with Gasteiger partial charge in [0.1, 0.15) is 0 Å². The van der Waals surface area contributed by atoms with Crippen LogP contribution >= 0.6 is 11.8 Å². The number of para-hydroxylation sites is 1. The van der Waals surface area contributed by atoms with E-state index in [-0.39, 0.29) is 0 Å². The molecule has 0 bridgehead atoms. The number of alkyl halides is 3. The molecule has 0 amide bonds. The normalized spacial score (nSPS) is 15.5. The Bertz CT molecular complexity index is 1290. The molecule has 34 heavy (non-hydrogen) atoms. The number of halogens is 3. The van der Waals surface area contributed by atoms with Crippen LogP contribution in [-0.4, -0.2) is 58.0 Å². The topological polar surface area (TPSA) is 36.7 Å². The highest BCUT2D eigenvalue weighted by molar-refractivity contribution is 7.99. The van der Waals surface area contributed by atoms with Gasteiger partial charge in [0, 0.05) is 37.6 Å². The molecule has 1 aliphatic rings. The van der Waals surface area contributed by atoms with Crippen molar-refractivity contribution in [2.24, 2.45) is 0 Å². The number of aryl methyl sites for hydroxylation is 1. The van der Waals surface area contributed by atoms with Gasteiger partial charge < -0.3 is 4.90 Å². The zero-order valence-electron chi connectivity index (χ0n) is 18.9. The summed E-state index contributed by atoms with van der Waals surface area (Å²) in [6, 6.07) is 16.0. The summed E-state index contributed by atoms with van der Waals surface area (Å²) >= 11 is 1.72. The Morgan fingerprint density at radius 2 is 1.74 bits per heavy atom. The van der Waals surface area contributed by atoms with Gasteiger partial charge in [-0.2, -0.15) is 13.2 Å². The molecule has 1 saturated heterocycles. The third-order valence-electron chi connectivity index (χ3n) is 6.30. The summed E-state index contributed by atoms with van der Waals surface area (Å²) in [5.74, 6) is 0.927. The Labute approximate surface area is 200 Å². The van der Waals surface area contributed by atoms with Crippen molar-refractivity contribution >= 4 is 34.0 Å². The van der Waals surface area contributed by atoms with Gasteiger partial charge in [-0.1, -0.05) is 36.0 Å². The monoisotopic (exact) mass is 485 g/mol. The SMILES string of the molecule is Cc1cc2ccccc2n2c(SCCCN3CCN(c4cccc(C(F)(F)F)c4)CC3)nnc12. The number of pyridine rings is 1. The summed E-state index contributed by atoms with van der Waals surface area (Å²) in [6.45, 7) is 6.17. The molecule has 0 atom stereocenters. The van der Waals surface area contributed by atoms with E-state index >= 15 is 0 Å². The van der Waals surface area contributed by atoms with E-state index in [1.54, 1.807) is 17.8 Å². The van der Waals surface area contributed by atoms with Crippen LogP contribution < -0.4 is 4.90 Å². The van der Waals surface area contributed by atoms with E-state index in [0.29, 0.717) is 5.69 Å². The molecule has 0 saturated carbocycles. The number of aromatic nitrogens is 3. The molecule has 0 N–H and O–H groups in total. The lowest BCUT2D eigenvalue weighted by Gasteiger charge is -2.36. The molecule has 0 radical (unpaired) electrons. The number of thioether (sulfide) groups is 1. The highest BCUT2D eigenvalue weighted by Gasteiger charge is 2.31. The van der Waals surface area contributed by atoms with Crippen molar-refractivity contribution in [2.45, 2.75) is 24.7 Å². The summed E-state index contributed by atoms with van der Waals surface area (Å²) in [5.41, 5.74) is 3.17. The largest absolute Gasteiger partial charge is 0.416 e. The number of fused-ring (bicyclic) bond motifs is 3. The van der Waals surface area contributed by atoms with Crippen LogP contribution in [0, 0.1) is 6.92 Å². The summed E-state index contributed by atoms with van der Waals surface area (Å²) < 4.78 is 41.2. The number of benzene rings is 2. The van der Waals surface area contributed by atoms with Crippen LogP contribution in [0.3, 0.4) is 0 Å². The summed E-state index contributed by atoms with van der Waals surface area (Å²) in [7, 11) is 0. The van der Waals surface area contributed by atoms with Crippen molar-refractivity contribution in [3.05, 3.63) is 65.7 Å². The predicted molar refractivity (Wildman–Crippen MR) is 131 cm³/mol. The average molecular weight is 486 g/mol. The van der Waals surface area contributed by atoms with Gasteiger partial charge in [-0.05, 0) is 61.2 Å². The van der Waals surface area contributed by atoms with Crippen molar-refractivity contribution in [1.82, 2.24) is 19.5 Å². The minimum atomic E-state index is -4.31. The summed E-state index contributed by atoms with van der Waals surface area (Å²) in [4.78, 5) is 4.42. The van der Waals surface area contributed by atoms with Crippen LogP contribution in [0.5, 0.6) is 0 Å². The molecule has 2 aromatic carbocycles. The highest BCUT2D eigenvalue weighted by Crippen LogP contribution is 2.32. The maximum absolute atomic E-state index is 13.0. The van der Waals surface area contributed by atoms with Crippen LogP contribution in [-0.2, 0) is 6.18 Å². The van der Waals surface area contributed by atoms with E-state index in [4.69, 9.17) is 0 Å². The molecule has 3 heterocycles. The molecule has 5 rings (SSSR count). The van der Waals surface area contributed by atoms with Gasteiger partial charge in [-0.15, -0.1) is 10.2 Å². The molecule has 5 nitrogen and oxygen atoms in total. The van der Waals surface area contributed by atoms with Gasteiger partial charge in [0.05, 0.1) is 11.1 Å². The first-order valence-corrected chi connectivity index (χ1v) is 12.4. The van der Waals surface area contributed by atoms with Crippen LogP contribution in [0.2, 0.25) is 0 Å². The molecular formula is C25H26F3N5S. The number of rotatable bonds is 6. The standard InChI is InChI=1S/C25H26F3N5S/c1-18-16-19-6-2-3-9-22(19)33-23(18)29-30-24(33)34-15-5-10-31-11-13-32(14-12-31)21-8-4-7-20(17-21)25(26,27)28/h2-4,6-9,16-17H,5,10-15H2,1H3. The van der Waals surface area contributed by atoms with E-state index < -0.39 is 11.7 Å². The number of hydrogen-bond donors (Lipinski definition) is 0. The molecule has 4 aromatic rings. The third-order valence-corrected chi connectivity index (χ3v) is 7.31. The number of hydrogen-bond acceptors (Lipinski definition) is 5. The van der Waals surface area contributed by atoms with Gasteiger partial charge in [0.25, 0.3) is 0 Å². The maximum Gasteiger partial charge on any atom is 0.416 e. The van der Waals surface area contributed by atoms with Crippen LogP contribution in [0.15, 0.2) is 59.8 Å². The molecule has 0 aliphatic carbocycles. The van der Waals surface area contributed by atoms with Crippen molar-refractivity contribution in [1.29, 1.82) is 0 Å². The Balaban J connectivity index is 1.15. The molecule has 1 fully saturated rings. The van der Waals surface area contributed by atoms with E-state index in [1.165, 1.54) is 17.5 Å². The number of anilines is 1. The van der Waals surface area contributed by atoms with Crippen molar-refractivity contribution < 1.29 is 13.2 Å². The highest BCUT2D eigenvalue weighted by atomic mass is 32.2. The van der Waals surface area contributed by atoms with Gasteiger partial charge in [0.2, 0.25) is 0 Å². The van der Waals surface area contributed by atoms with Gasteiger partial charge in [0.15, 0.2) is 10.8 Å². The molecule has 0 spiro atoms. The zero-order chi connectivity index (χ0) is 23.7. The Morgan fingerprint density at radius 1 is 0.941 bits per heavy atom. The van der Waals surface area contributed by atoms with Crippen LogP contribution in [0.25, 0.3) is 16.6 Å². The lowest BCUT2D eigenvalue weighted by Crippen LogP contribution is -2.46. The fourth-order valence-electron chi connectivity index (χ4n) is 4.51. The Kier molecular flexibility index (Phi) is 6.40. The van der Waals surface area contributed by atoms with Crippen LogP contribution in [0.4, 0.5) is 18.9 Å². The second-order valence-corrected chi connectivity index (χ2v) is 9.67. The Hall–Kier alpha value is -2.78. The molecule has 2 aromatic heterocycles. The molecule has 178 valence electrons. The number of piperazine rings is 1. The minimum Gasteiger partial charge on any atom is -0.369 e. The lowest BCUT2D eigenvalue weighted by atomic mass is 10.1. The van der Waals surface area contributed by atoms with E-state index in [1.807, 2.05) is 17.0 Å². The molecule has 0 unspecified atom stereocenters. The van der Waals surface area contributed by atoms with Crippen molar-refractivity contribution in [3.8, 4) is 0 Å².